The second-order valence-electron chi connectivity index (χ2n) is 4.61. The van der Waals surface area contributed by atoms with E-state index in [1.165, 1.54) is 0 Å². The van der Waals surface area contributed by atoms with Gasteiger partial charge in [0.1, 0.15) is 0 Å². The van der Waals surface area contributed by atoms with Gasteiger partial charge in [-0.1, -0.05) is 42.5 Å². The molecule has 1 aromatic heterocycles. The Bertz CT molecular complexity index is 748. The summed E-state index contributed by atoms with van der Waals surface area (Å²) >= 11 is 3.49. The number of nitrogens with zero attached hydrogens (tertiary/aromatic N) is 3. The van der Waals surface area contributed by atoms with E-state index in [2.05, 4.69) is 41.7 Å². The number of hydrogen-bond donors (Lipinski definition) is 2. The fraction of sp³-hybridized carbons (Fsp3) is 0.0625. The summed E-state index contributed by atoms with van der Waals surface area (Å²) < 4.78 is 0.965. The van der Waals surface area contributed by atoms with Crippen LogP contribution in [0.4, 0.5) is 17.5 Å². The molecule has 0 unspecified atom stereocenters. The van der Waals surface area contributed by atoms with Crippen LogP contribution in [0.5, 0.6) is 0 Å². The minimum Gasteiger partial charge on any atom is -0.349 e. The van der Waals surface area contributed by atoms with E-state index in [9.17, 15) is 0 Å². The largest absolute Gasteiger partial charge is 0.349 e. The molecule has 0 fully saturated rings. The highest BCUT2D eigenvalue weighted by molar-refractivity contribution is 9.10. The Morgan fingerprint density at radius 2 is 1.73 bits per heavy atom. The van der Waals surface area contributed by atoms with Crippen LogP contribution < -0.4 is 10.6 Å². The number of benzene rings is 2. The molecule has 110 valence electrons. The van der Waals surface area contributed by atoms with Gasteiger partial charge in [-0.25, -0.2) is 0 Å². The molecule has 2 N–H and O–H groups in total. The summed E-state index contributed by atoms with van der Waals surface area (Å²) in [6, 6.07) is 17.9. The van der Waals surface area contributed by atoms with Gasteiger partial charge < -0.3 is 10.6 Å². The first-order chi connectivity index (χ1) is 10.8. The van der Waals surface area contributed by atoms with Gasteiger partial charge in [-0.15, -0.1) is 5.10 Å². The first-order valence-electron chi connectivity index (χ1n) is 6.80. The van der Waals surface area contributed by atoms with E-state index in [0.29, 0.717) is 18.3 Å². The quantitative estimate of drug-likeness (QED) is 0.724. The Morgan fingerprint density at radius 3 is 2.55 bits per heavy atom. The Labute approximate surface area is 137 Å². The van der Waals surface area contributed by atoms with Gasteiger partial charge in [-0.3, -0.25) is 0 Å². The minimum atomic E-state index is 0.487. The van der Waals surface area contributed by atoms with E-state index in [4.69, 9.17) is 0 Å². The fourth-order valence-corrected chi connectivity index (χ4v) is 2.30. The monoisotopic (exact) mass is 355 g/mol. The van der Waals surface area contributed by atoms with Gasteiger partial charge in [-0.05, 0) is 33.6 Å². The van der Waals surface area contributed by atoms with Crippen molar-refractivity contribution in [2.75, 3.05) is 10.6 Å². The molecule has 1 heterocycles. The first-order valence-corrected chi connectivity index (χ1v) is 7.59. The summed E-state index contributed by atoms with van der Waals surface area (Å²) in [5.41, 5.74) is 2.09. The molecule has 0 radical (unpaired) electrons. The smallest absolute Gasteiger partial charge is 0.244 e. The lowest BCUT2D eigenvalue weighted by atomic mass is 10.2. The summed E-state index contributed by atoms with van der Waals surface area (Å²) in [4.78, 5) is 4.41. The van der Waals surface area contributed by atoms with Crippen LogP contribution in [0.1, 0.15) is 5.56 Å². The van der Waals surface area contributed by atoms with Gasteiger partial charge in [-0.2, -0.15) is 10.1 Å². The summed E-state index contributed by atoms with van der Waals surface area (Å²) in [6.45, 7) is 0.654. The highest BCUT2D eigenvalue weighted by Crippen LogP contribution is 2.24. The Morgan fingerprint density at radius 1 is 0.955 bits per heavy atom. The lowest BCUT2D eigenvalue weighted by Gasteiger charge is -2.09. The number of halogens is 1. The normalized spacial score (nSPS) is 10.2. The van der Waals surface area contributed by atoms with E-state index in [-0.39, 0.29) is 0 Å². The van der Waals surface area contributed by atoms with Crippen LogP contribution in [0, 0.1) is 0 Å². The van der Waals surface area contributed by atoms with Gasteiger partial charge in [0.2, 0.25) is 5.95 Å². The van der Waals surface area contributed by atoms with Gasteiger partial charge in [0.05, 0.1) is 11.9 Å². The number of nitrogens with one attached hydrogen (secondary N) is 2. The number of anilines is 3. The molecule has 0 aliphatic rings. The van der Waals surface area contributed by atoms with Crippen LogP contribution in [0.3, 0.4) is 0 Å². The van der Waals surface area contributed by atoms with Crippen molar-refractivity contribution in [2.24, 2.45) is 0 Å². The van der Waals surface area contributed by atoms with Crippen molar-refractivity contribution in [3.05, 3.63) is 70.8 Å². The van der Waals surface area contributed by atoms with Crippen molar-refractivity contribution in [1.82, 2.24) is 15.2 Å². The van der Waals surface area contributed by atoms with Gasteiger partial charge in [0.15, 0.2) is 5.82 Å². The van der Waals surface area contributed by atoms with Crippen molar-refractivity contribution in [3.63, 3.8) is 0 Å². The second kappa shape index (κ2) is 7.00. The summed E-state index contributed by atoms with van der Waals surface area (Å²) in [5, 5.41) is 14.3. The Balaban J connectivity index is 1.69. The van der Waals surface area contributed by atoms with E-state index >= 15 is 0 Å². The number of aromatic nitrogens is 3. The zero-order valence-electron chi connectivity index (χ0n) is 11.7. The van der Waals surface area contributed by atoms with Crippen molar-refractivity contribution in [1.29, 1.82) is 0 Å². The van der Waals surface area contributed by atoms with Crippen molar-refractivity contribution < 1.29 is 0 Å². The van der Waals surface area contributed by atoms with Crippen molar-refractivity contribution >= 4 is 33.4 Å². The maximum absolute atomic E-state index is 4.41. The molecule has 6 heteroatoms. The molecular formula is C16H14BrN5. The highest BCUT2D eigenvalue weighted by Gasteiger charge is 2.03. The molecule has 5 nitrogen and oxygen atoms in total. The van der Waals surface area contributed by atoms with Crippen LogP contribution in [0.25, 0.3) is 0 Å². The molecule has 0 bridgehead atoms. The highest BCUT2D eigenvalue weighted by atomic mass is 79.9. The molecule has 3 rings (SSSR count). The number of hydrogen-bond acceptors (Lipinski definition) is 5. The number of rotatable bonds is 5. The third-order valence-corrected chi connectivity index (χ3v) is 3.68. The van der Waals surface area contributed by atoms with Crippen LogP contribution in [-0.2, 0) is 6.54 Å². The predicted molar refractivity (Wildman–Crippen MR) is 91.0 cm³/mol. The SMILES string of the molecule is Brc1ccccc1Nc1cnnc(NCc2ccccc2)n1. The summed E-state index contributed by atoms with van der Waals surface area (Å²) in [6.07, 6.45) is 1.59. The summed E-state index contributed by atoms with van der Waals surface area (Å²) in [5.74, 6) is 1.12. The number of para-hydroxylation sites is 1. The van der Waals surface area contributed by atoms with Gasteiger partial charge >= 0.3 is 0 Å². The molecule has 3 aromatic rings. The topological polar surface area (TPSA) is 62.7 Å². The van der Waals surface area contributed by atoms with Crippen molar-refractivity contribution in [2.45, 2.75) is 6.54 Å². The molecule has 0 saturated heterocycles. The maximum Gasteiger partial charge on any atom is 0.244 e. The second-order valence-corrected chi connectivity index (χ2v) is 5.46. The third-order valence-electron chi connectivity index (χ3n) is 2.99. The van der Waals surface area contributed by atoms with E-state index < -0.39 is 0 Å². The maximum atomic E-state index is 4.41. The van der Waals surface area contributed by atoms with E-state index in [1.807, 2.05) is 54.6 Å². The summed E-state index contributed by atoms with van der Waals surface area (Å²) in [7, 11) is 0. The molecule has 2 aromatic carbocycles. The molecule has 0 atom stereocenters. The van der Waals surface area contributed by atoms with Crippen LogP contribution >= 0.6 is 15.9 Å². The van der Waals surface area contributed by atoms with E-state index in [1.54, 1.807) is 6.20 Å². The minimum absolute atomic E-state index is 0.487. The third kappa shape index (κ3) is 3.79. The molecule has 0 spiro atoms. The van der Waals surface area contributed by atoms with Crippen LogP contribution in [0.15, 0.2) is 65.3 Å². The first kappa shape index (κ1) is 14.5. The molecular weight excluding hydrogens is 342 g/mol. The molecule has 0 amide bonds. The fourth-order valence-electron chi connectivity index (χ4n) is 1.92. The standard InChI is InChI=1S/C16H14BrN5/c17-13-8-4-5-9-14(13)20-15-11-19-22-16(21-15)18-10-12-6-2-1-3-7-12/h1-9,11H,10H2,(H2,18,20,21,22). The Hall–Kier alpha value is -2.47. The molecule has 0 saturated carbocycles. The predicted octanol–water partition coefficient (Wildman–Crippen LogP) is 3.99. The van der Waals surface area contributed by atoms with E-state index in [0.717, 1.165) is 15.7 Å². The molecule has 22 heavy (non-hydrogen) atoms. The van der Waals surface area contributed by atoms with Crippen LogP contribution in [-0.4, -0.2) is 15.2 Å². The lowest BCUT2D eigenvalue weighted by Crippen LogP contribution is -2.06. The average molecular weight is 356 g/mol. The van der Waals surface area contributed by atoms with Crippen molar-refractivity contribution in [3.8, 4) is 0 Å². The van der Waals surface area contributed by atoms with Gasteiger partial charge in [0, 0.05) is 11.0 Å². The average Bonchev–Trinajstić information content (AvgIpc) is 2.57. The van der Waals surface area contributed by atoms with Gasteiger partial charge in [0.25, 0.3) is 0 Å². The zero-order valence-corrected chi connectivity index (χ0v) is 13.3. The molecule has 0 aliphatic heterocycles. The van der Waals surface area contributed by atoms with Crippen LogP contribution in [0.2, 0.25) is 0 Å². The molecule has 0 aliphatic carbocycles. The zero-order chi connectivity index (χ0) is 15.2. The Kier molecular flexibility index (Phi) is 4.60. The lowest BCUT2D eigenvalue weighted by molar-refractivity contribution is 0.949.